The van der Waals surface area contributed by atoms with Crippen molar-refractivity contribution in [3.8, 4) is 0 Å². The summed E-state index contributed by atoms with van der Waals surface area (Å²) in [4.78, 5) is 32.1. The van der Waals surface area contributed by atoms with Gasteiger partial charge in [-0.2, -0.15) is 0 Å². The SMILES string of the molecule is CC(=O)Nc1cccc(Nc2nccc(C(=O)Nc3ccccc3C)n2)c1. The lowest BCUT2D eigenvalue weighted by Gasteiger charge is -2.10. The number of hydrogen-bond donors (Lipinski definition) is 3. The molecule has 3 N–H and O–H groups in total. The Morgan fingerprint density at radius 3 is 2.48 bits per heavy atom. The van der Waals surface area contributed by atoms with Crippen molar-refractivity contribution >= 4 is 34.8 Å². The lowest BCUT2D eigenvalue weighted by molar-refractivity contribution is -0.114. The van der Waals surface area contributed by atoms with Gasteiger partial charge in [-0.3, -0.25) is 9.59 Å². The van der Waals surface area contributed by atoms with Crippen LogP contribution in [0.5, 0.6) is 0 Å². The molecule has 0 spiro atoms. The van der Waals surface area contributed by atoms with Gasteiger partial charge in [0.25, 0.3) is 5.91 Å². The number of para-hydroxylation sites is 1. The van der Waals surface area contributed by atoms with E-state index in [4.69, 9.17) is 0 Å². The van der Waals surface area contributed by atoms with E-state index in [0.29, 0.717) is 11.4 Å². The Balaban J connectivity index is 1.75. The molecule has 7 nitrogen and oxygen atoms in total. The molecule has 0 saturated heterocycles. The van der Waals surface area contributed by atoms with Crippen molar-refractivity contribution in [2.24, 2.45) is 0 Å². The lowest BCUT2D eigenvalue weighted by atomic mass is 10.2. The Morgan fingerprint density at radius 1 is 0.926 bits per heavy atom. The van der Waals surface area contributed by atoms with Gasteiger partial charge in [0.2, 0.25) is 11.9 Å². The minimum atomic E-state index is -0.318. The van der Waals surface area contributed by atoms with Crippen molar-refractivity contribution in [1.29, 1.82) is 0 Å². The monoisotopic (exact) mass is 361 g/mol. The molecule has 0 saturated carbocycles. The molecule has 0 atom stereocenters. The minimum Gasteiger partial charge on any atom is -0.326 e. The van der Waals surface area contributed by atoms with Crippen LogP contribution in [-0.2, 0) is 4.79 Å². The zero-order valence-corrected chi connectivity index (χ0v) is 15.0. The number of carbonyl (C=O) groups excluding carboxylic acids is 2. The van der Waals surface area contributed by atoms with Crippen LogP contribution in [0.3, 0.4) is 0 Å². The summed E-state index contributed by atoms with van der Waals surface area (Å²) in [5.41, 5.74) is 3.29. The lowest BCUT2D eigenvalue weighted by Crippen LogP contribution is -2.15. The number of hydrogen-bond acceptors (Lipinski definition) is 5. The van der Waals surface area contributed by atoms with Gasteiger partial charge in [0, 0.05) is 30.2 Å². The molecule has 3 aromatic rings. The normalized spacial score (nSPS) is 10.1. The first kappa shape index (κ1) is 18.1. The Labute approximate surface area is 156 Å². The molecule has 0 bridgehead atoms. The van der Waals surface area contributed by atoms with Gasteiger partial charge in [0.1, 0.15) is 5.69 Å². The van der Waals surface area contributed by atoms with Gasteiger partial charge in [0.15, 0.2) is 0 Å². The number of aromatic nitrogens is 2. The minimum absolute atomic E-state index is 0.154. The predicted molar refractivity (Wildman–Crippen MR) is 105 cm³/mol. The van der Waals surface area contributed by atoms with Crippen molar-refractivity contribution in [2.45, 2.75) is 13.8 Å². The maximum absolute atomic E-state index is 12.5. The van der Waals surface area contributed by atoms with Crippen LogP contribution >= 0.6 is 0 Å². The zero-order chi connectivity index (χ0) is 19.2. The molecule has 7 heteroatoms. The molecule has 0 aliphatic carbocycles. The number of benzene rings is 2. The molecule has 3 rings (SSSR count). The average molecular weight is 361 g/mol. The van der Waals surface area contributed by atoms with Gasteiger partial charge in [-0.25, -0.2) is 9.97 Å². The van der Waals surface area contributed by atoms with Crippen LogP contribution in [0.4, 0.5) is 23.0 Å². The Bertz CT molecular complexity index is 987. The number of nitrogens with one attached hydrogen (secondary N) is 3. The van der Waals surface area contributed by atoms with Crippen LogP contribution in [0, 0.1) is 6.92 Å². The van der Waals surface area contributed by atoms with Crippen LogP contribution < -0.4 is 16.0 Å². The molecule has 0 aliphatic heterocycles. The van der Waals surface area contributed by atoms with Crippen molar-refractivity contribution in [1.82, 2.24) is 9.97 Å². The topological polar surface area (TPSA) is 96.0 Å². The largest absolute Gasteiger partial charge is 0.326 e. The molecule has 1 heterocycles. The van der Waals surface area contributed by atoms with Gasteiger partial charge < -0.3 is 16.0 Å². The van der Waals surface area contributed by atoms with Crippen molar-refractivity contribution in [3.05, 3.63) is 72.1 Å². The second-order valence-corrected chi connectivity index (χ2v) is 5.92. The second-order valence-electron chi connectivity index (χ2n) is 5.92. The Morgan fingerprint density at radius 2 is 1.70 bits per heavy atom. The predicted octanol–water partition coefficient (Wildman–Crippen LogP) is 3.74. The van der Waals surface area contributed by atoms with Crippen LogP contribution in [0.25, 0.3) is 0 Å². The molecule has 0 fully saturated rings. The van der Waals surface area contributed by atoms with E-state index in [1.165, 1.54) is 13.1 Å². The standard InChI is InChI=1S/C20H19N5O2/c1-13-6-3-4-9-17(13)24-19(27)18-10-11-21-20(25-18)23-16-8-5-7-15(12-16)22-14(2)26/h3-12H,1-2H3,(H,22,26)(H,24,27)(H,21,23,25). The van der Waals surface area contributed by atoms with E-state index in [2.05, 4.69) is 25.9 Å². The highest BCUT2D eigenvalue weighted by Gasteiger charge is 2.10. The summed E-state index contributed by atoms with van der Waals surface area (Å²) in [6.45, 7) is 3.37. The number of amides is 2. The fourth-order valence-electron chi connectivity index (χ4n) is 2.45. The van der Waals surface area contributed by atoms with Gasteiger partial charge in [-0.15, -0.1) is 0 Å². The van der Waals surface area contributed by atoms with Gasteiger partial charge >= 0.3 is 0 Å². The van der Waals surface area contributed by atoms with Crippen molar-refractivity contribution in [2.75, 3.05) is 16.0 Å². The second kappa shape index (κ2) is 8.09. The molecular formula is C20H19N5O2. The van der Waals surface area contributed by atoms with E-state index in [-0.39, 0.29) is 23.5 Å². The summed E-state index contributed by atoms with van der Waals surface area (Å²) >= 11 is 0. The van der Waals surface area contributed by atoms with Crippen LogP contribution in [0.15, 0.2) is 60.8 Å². The summed E-state index contributed by atoms with van der Waals surface area (Å²) in [6.07, 6.45) is 1.51. The highest BCUT2D eigenvalue weighted by Crippen LogP contribution is 2.19. The van der Waals surface area contributed by atoms with Crippen LogP contribution in [0.1, 0.15) is 23.0 Å². The summed E-state index contributed by atoms with van der Waals surface area (Å²) in [7, 11) is 0. The number of rotatable bonds is 5. The van der Waals surface area contributed by atoms with E-state index in [9.17, 15) is 9.59 Å². The molecule has 0 aliphatic rings. The molecule has 2 aromatic carbocycles. The third-order valence-electron chi connectivity index (χ3n) is 3.72. The fourth-order valence-corrected chi connectivity index (χ4v) is 2.45. The van der Waals surface area contributed by atoms with Crippen LogP contribution in [-0.4, -0.2) is 21.8 Å². The number of anilines is 4. The molecule has 1 aromatic heterocycles. The summed E-state index contributed by atoms with van der Waals surface area (Å²) in [5, 5.41) is 8.59. The Kier molecular flexibility index (Phi) is 5.41. The third-order valence-corrected chi connectivity index (χ3v) is 3.72. The fraction of sp³-hybridized carbons (Fsp3) is 0.100. The van der Waals surface area contributed by atoms with E-state index in [1.807, 2.05) is 37.3 Å². The van der Waals surface area contributed by atoms with Crippen molar-refractivity contribution in [3.63, 3.8) is 0 Å². The molecule has 136 valence electrons. The van der Waals surface area contributed by atoms with E-state index < -0.39 is 0 Å². The highest BCUT2D eigenvalue weighted by molar-refractivity contribution is 6.03. The molecule has 27 heavy (non-hydrogen) atoms. The van der Waals surface area contributed by atoms with Crippen LogP contribution in [0.2, 0.25) is 0 Å². The maximum Gasteiger partial charge on any atom is 0.274 e. The quantitative estimate of drug-likeness (QED) is 0.643. The van der Waals surface area contributed by atoms with Gasteiger partial charge in [0.05, 0.1) is 0 Å². The maximum atomic E-state index is 12.5. The smallest absolute Gasteiger partial charge is 0.274 e. The number of aryl methyl sites for hydroxylation is 1. The van der Waals surface area contributed by atoms with Gasteiger partial charge in [-0.05, 0) is 42.8 Å². The summed E-state index contributed by atoms with van der Waals surface area (Å²) in [5.74, 6) is -0.188. The summed E-state index contributed by atoms with van der Waals surface area (Å²) in [6, 6.07) is 16.2. The average Bonchev–Trinajstić information content (AvgIpc) is 2.63. The summed E-state index contributed by atoms with van der Waals surface area (Å²) < 4.78 is 0. The first-order valence-corrected chi connectivity index (χ1v) is 8.36. The zero-order valence-electron chi connectivity index (χ0n) is 15.0. The van der Waals surface area contributed by atoms with E-state index in [1.54, 1.807) is 24.3 Å². The third kappa shape index (κ3) is 4.88. The Hall–Kier alpha value is -3.74. The van der Waals surface area contributed by atoms with Crippen molar-refractivity contribution < 1.29 is 9.59 Å². The molecular weight excluding hydrogens is 342 g/mol. The molecule has 2 amide bonds. The molecule has 0 unspecified atom stereocenters. The van der Waals surface area contributed by atoms with E-state index in [0.717, 1.165) is 11.3 Å². The van der Waals surface area contributed by atoms with Gasteiger partial charge in [-0.1, -0.05) is 24.3 Å². The number of carbonyl (C=O) groups is 2. The molecule has 0 radical (unpaired) electrons. The number of nitrogens with zero attached hydrogens (tertiary/aromatic N) is 2. The first-order valence-electron chi connectivity index (χ1n) is 8.36. The van der Waals surface area contributed by atoms with E-state index >= 15 is 0 Å². The first-order chi connectivity index (χ1) is 13.0. The highest BCUT2D eigenvalue weighted by atomic mass is 16.2.